The summed E-state index contributed by atoms with van der Waals surface area (Å²) in [5.41, 5.74) is 7.14. The van der Waals surface area contributed by atoms with Crippen LogP contribution in [0.1, 0.15) is 174 Å². The summed E-state index contributed by atoms with van der Waals surface area (Å²) < 4.78 is 11.0. The van der Waals surface area contributed by atoms with Crippen LogP contribution in [0.15, 0.2) is 128 Å². The number of rotatable bonds is 0. The van der Waals surface area contributed by atoms with E-state index in [0.29, 0.717) is 10.8 Å². The molecule has 8 rings (SSSR count). The number of benzene rings is 3. The maximum atomic E-state index is 11.8. The first kappa shape index (κ1) is 58.1. The van der Waals surface area contributed by atoms with Crippen molar-refractivity contribution in [2.24, 2.45) is 11.3 Å². The zero-order valence-corrected chi connectivity index (χ0v) is 46.4. The van der Waals surface area contributed by atoms with Crippen molar-refractivity contribution in [2.45, 2.75) is 184 Å². The molecule has 0 bridgehead atoms. The number of carbonyl (C=O) groups is 1. The van der Waals surface area contributed by atoms with E-state index in [4.69, 9.17) is 9.47 Å². The van der Waals surface area contributed by atoms with Crippen LogP contribution in [-0.4, -0.2) is 46.7 Å². The quantitative estimate of drug-likeness (QED) is 0.154. The molecule has 7 heteroatoms. The van der Waals surface area contributed by atoms with Gasteiger partial charge in [-0.15, -0.1) is 0 Å². The second-order valence-corrected chi connectivity index (χ2v) is 24.6. The van der Waals surface area contributed by atoms with E-state index >= 15 is 0 Å². The van der Waals surface area contributed by atoms with Gasteiger partial charge in [0.05, 0.1) is 17.9 Å². The summed E-state index contributed by atoms with van der Waals surface area (Å²) in [6.07, 6.45) is 12.9. The van der Waals surface area contributed by atoms with Gasteiger partial charge >= 0.3 is 0 Å². The third kappa shape index (κ3) is 20.0. The molecule has 0 spiro atoms. The summed E-state index contributed by atoms with van der Waals surface area (Å²) in [7, 11) is 0. The van der Waals surface area contributed by atoms with Crippen molar-refractivity contribution < 1.29 is 14.3 Å². The van der Waals surface area contributed by atoms with Gasteiger partial charge in [0, 0.05) is 40.8 Å². The molecule has 378 valence electrons. The van der Waals surface area contributed by atoms with Crippen LogP contribution in [0.5, 0.6) is 11.5 Å². The molecular weight excluding hydrogens is 849 g/mol. The Bertz CT molecular complexity index is 2090. The van der Waals surface area contributed by atoms with Crippen molar-refractivity contribution in [1.82, 2.24) is 9.97 Å². The highest BCUT2D eigenvalue weighted by atomic mass is 16.5. The van der Waals surface area contributed by atoms with E-state index in [1.807, 2.05) is 87.8 Å². The van der Waals surface area contributed by atoms with E-state index in [1.54, 1.807) is 11.1 Å². The molecule has 0 unspecified atom stereocenters. The first-order valence-electron chi connectivity index (χ1n) is 25.4. The molecule has 69 heavy (non-hydrogen) atoms. The number of para-hydroxylation sites is 4. The third-order valence-corrected chi connectivity index (χ3v) is 12.3. The molecule has 1 fully saturated rings. The molecule has 5 aromatic rings. The van der Waals surface area contributed by atoms with Gasteiger partial charge in [-0.3, -0.25) is 14.8 Å². The summed E-state index contributed by atoms with van der Waals surface area (Å²) in [6, 6.07) is 36.5. The number of pyridine rings is 2. The Morgan fingerprint density at radius 1 is 0.507 bits per heavy atom. The molecule has 1 amide bonds. The van der Waals surface area contributed by atoms with E-state index in [-0.39, 0.29) is 34.4 Å². The van der Waals surface area contributed by atoms with Crippen LogP contribution in [0.3, 0.4) is 0 Å². The fourth-order valence-electron chi connectivity index (χ4n) is 8.22. The molecule has 2 aliphatic heterocycles. The Morgan fingerprint density at radius 2 is 1.03 bits per heavy atom. The van der Waals surface area contributed by atoms with Gasteiger partial charge in [0.1, 0.15) is 18.1 Å². The molecule has 0 atom stereocenters. The minimum Gasteiger partial charge on any atom is -0.490 e. The lowest BCUT2D eigenvalue weighted by atomic mass is 9.72. The molecule has 3 aromatic carbocycles. The van der Waals surface area contributed by atoms with Gasteiger partial charge in [0.25, 0.3) is 5.91 Å². The van der Waals surface area contributed by atoms with Gasteiger partial charge in [-0.05, 0) is 130 Å². The lowest BCUT2D eigenvalue weighted by molar-refractivity contribution is -0.122. The van der Waals surface area contributed by atoms with Gasteiger partial charge in [0.15, 0.2) is 6.61 Å². The average molecular weight is 941 g/mol. The van der Waals surface area contributed by atoms with Gasteiger partial charge < -0.3 is 19.3 Å². The second kappa shape index (κ2) is 25.6. The molecule has 2 aromatic heterocycles. The van der Waals surface area contributed by atoms with Gasteiger partial charge in [-0.25, -0.2) is 0 Å². The Kier molecular flexibility index (Phi) is 21.6. The topological polar surface area (TPSA) is 67.8 Å². The zero-order valence-electron chi connectivity index (χ0n) is 46.4. The lowest BCUT2D eigenvalue weighted by Crippen LogP contribution is -2.50. The maximum absolute atomic E-state index is 11.8. The minimum absolute atomic E-state index is 0.0150. The highest BCUT2D eigenvalue weighted by Gasteiger charge is 2.33. The van der Waals surface area contributed by atoms with E-state index in [2.05, 4.69) is 173 Å². The van der Waals surface area contributed by atoms with Crippen molar-refractivity contribution in [1.29, 1.82) is 0 Å². The number of amides is 1. The summed E-state index contributed by atoms with van der Waals surface area (Å²) in [6.45, 7) is 41.5. The van der Waals surface area contributed by atoms with E-state index in [0.717, 1.165) is 41.9 Å². The first-order valence-corrected chi connectivity index (χ1v) is 25.4. The molecule has 0 radical (unpaired) electrons. The lowest BCUT2D eigenvalue weighted by Gasteiger charge is -2.41. The molecular formula is C62H92N4O3. The Hall–Kier alpha value is -5.17. The molecule has 7 nitrogen and oxygen atoms in total. The smallest absolute Gasteiger partial charge is 0.265 e. The first-order chi connectivity index (χ1) is 32.0. The number of carbonyl (C=O) groups excluding carboxylic acids is 1. The Morgan fingerprint density at radius 3 is 1.45 bits per heavy atom. The largest absolute Gasteiger partial charge is 0.490 e. The number of aromatic nitrogens is 2. The van der Waals surface area contributed by atoms with Gasteiger partial charge in [-0.1, -0.05) is 169 Å². The monoisotopic (exact) mass is 941 g/mol. The van der Waals surface area contributed by atoms with Gasteiger partial charge in [0.2, 0.25) is 0 Å². The van der Waals surface area contributed by atoms with Crippen molar-refractivity contribution in [2.75, 3.05) is 29.6 Å². The summed E-state index contributed by atoms with van der Waals surface area (Å²) >= 11 is 0. The predicted octanol–water partition coefficient (Wildman–Crippen LogP) is 16.2. The number of nitrogens with zero attached hydrogens (tertiary/aromatic N) is 4. The second-order valence-electron chi connectivity index (χ2n) is 24.6. The summed E-state index contributed by atoms with van der Waals surface area (Å²) in [5.74, 6) is 2.81. The van der Waals surface area contributed by atoms with Crippen molar-refractivity contribution in [3.8, 4) is 11.5 Å². The van der Waals surface area contributed by atoms with E-state index in [1.165, 1.54) is 48.9 Å². The van der Waals surface area contributed by atoms with Crippen LogP contribution in [0, 0.1) is 11.3 Å². The van der Waals surface area contributed by atoms with Crippen LogP contribution in [0.4, 0.5) is 11.4 Å². The van der Waals surface area contributed by atoms with Crippen LogP contribution in [0.25, 0.3) is 0 Å². The molecule has 3 aliphatic rings. The molecule has 1 saturated carbocycles. The number of fused-ring (bicyclic) bond motifs is 2. The maximum Gasteiger partial charge on any atom is 0.265 e. The third-order valence-electron chi connectivity index (χ3n) is 12.3. The number of hydrogen-bond donors (Lipinski definition) is 0. The minimum atomic E-state index is -0.211. The predicted molar refractivity (Wildman–Crippen MR) is 295 cm³/mol. The highest BCUT2D eigenvalue weighted by Crippen LogP contribution is 2.38. The van der Waals surface area contributed by atoms with Gasteiger partial charge in [-0.2, -0.15) is 0 Å². The number of hydrogen-bond acceptors (Lipinski definition) is 6. The zero-order chi connectivity index (χ0) is 51.7. The van der Waals surface area contributed by atoms with E-state index in [9.17, 15) is 4.79 Å². The van der Waals surface area contributed by atoms with Crippen LogP contribution in [0.2, 0.25) is 0 Å². The molecule has 0 saturated heterocycles. The highest BCUT2D eigenvalue weighted by molar-refractivity contribution is 5.98. The fourth-order valence-corrected chi connectivity index (χ4v) is 8.22. The van der Waals surface area contributed by atoms with Crippen LogP contribution in [-0.2, 0) is 21.0 Å². The van der Waals surface area contributed by atoms with Crippen molar-refractivity contribution >= 4 is 17.3 Å². The van der Waals surface area contributed by atoms with E-state index < -0.39 is 0 Å². The van der Waals surface area contributed by atoms with Crippen molar-refractivity contribution in [3.63, 3.8) is 0 Å². The fraction of sp³-hybridized carbons (Fsp3) is 0.532. The molecule has 4 heterocycles. The normalized spacial score (nSPS) is 15.1. The van der Waals surface area contributed by atoms with Crippen LogP contribution >= 0.6 is 0 Å². The SMILES string of the molecule is CC(C)(C)C1CCCCC1.CC(C)(C)N1C(=O)COc2ccccc21.CC(C)(C)N1CCOc2ccccc21.CC(C)(C)c1ccccc1.CC(C)(C)c1ccccn1.CC(C)(C)c1cccnc1. The number of ether oxygens (including phenoxy) is 2. The average Bonchev–Trinajstić information content (AvgIpc) is 3.29. The summed E-state index contributed by atoms with van der Waals surface area (Å²) in [5, 5.41) is 0. The molecule has 1 aliphatic carbocycles. The van der Waals surface area contributed by atoms with Crippen LogP contribution < -0.4 is 19.3 Å². The Labute approximate surface area is 420 Å². The summed E-state index contributed by atoms with van der Waals surface area (Å²) in [4.78, 5) is 24.3. The standard InChI is InChI=1S/C12H15NO2.C12H17NO.C10H20.C10H14.2C9H13N/c1-12(2,3)13-9-6-4-5-7-10(9)15-8-11(13)14;1-12(2,3)13-8-9-14-11-7-5-4-6-10(11)13;2*1-10(2,3)9-7-5-4-6-8-9;1-9(2,3)8-5-4-6-10-7-8;1-9(2,3)8-6-4-5-7-10-8/h4-7H,8H2,1-3H3;4-7H,8-9H2,1-3H3;9H,4-8H2,1-3H3;4-8H,1-3H3;2*4-7H,1-3H3. The number of anilines is 2. The molecule has 0 N–H and O–H groups in total. The Balaban J connectivity index is 0.000000221. The van der Waals surface area contributed by atoms with Crippen molar-refractivity contribution in [3.05, 3.63) is 145 Å².